The zero-order valence-corrected chi connectivity index (χ0v) is 12.3. The average Bonchev–Trinajstić information content (AvgIpc) is 2.76. The first-order valence-electron chi connectivity index (χ1n) is 6.27. The molecule has 4 N–H and O–H groups in total. The maximum atomic E-state index is 11.9. The van der Waals surface area contributed by atoms with E-state index in [1.807, 2.05) is 6.07 Å². The quantitative estimate of drug-likeness (QED) is 0.839. The molecule has 0 aliphatic heterocycles. The topological polar surface area (TPSA) is 127 Å². The van der Waals surface area contributed by atoms with Gasteiger partial charge in [-0.3, -0.25) is 4.79 Å². The van der Waals surface area contributed by atoms with Crippen LogP contribution in [-0.2, 0) is 14.6 Å². The van der Waals surface area contributed by atoms with Gasteiger partial charge in [-0.15, -0.1) is 0 Å². The van der Waals surface area contributed by atoms with Crippen molar-refractivity contribution in [3.63, 3.8) is 0 Å². The molecule has 110 valence electrons. The van der Waals surface area contributed by atoms with Crippen molar-refractivity contribution in [1.29, 1.82) is 5.26 Å². The molecule has 0 aromatic heterocycles. The van der Waals surface area contributed by atoms with Gasteiger partial charge in [0, 0.05) is 23.9 Å². The Kier molecular flexibility index (Phi) is 3.85. The number of ketones is 1. The molecule has 6 nitrogen and oxygen atoms in total. The molecule has 0 spiro atoms. The van der Waals surface area contributed by atoms with Crippen LogP contribution >= 0.6 is 0 Å². The number of hydrogen-bond acceptors (Lipinski definition) is 6. The number of Topliss-reactive ketones (excluding diaryl/α,β-unsaturated/α-hetero) is 1. The Labute approximate surface area is 123 Å². The van der Waals surface area contributed by atoms with Gasteiger partial charge in [0.1, 0.15) is 0 Å². The van der Waals surface area contributed by atoms with Gasteiger partial charge in [-0.05, 0) is 24.1 Å². The van der Waals surface area contributed by atoms with Crippen molar-refractivity contribution in [2.45, 2.75) is 23.8 Å². The number of rotatable bonds is 3. The van der Waals surface area contributed by atoms with E-state index in [-0.39, 0.29) is 27.4 Å². The number of nitrogens with zero attached hydrogens (tertiary/aromatic N) is 1. The molecular weight excluding hydrogens is 290 g/mol. The smallest absolute Gasteiger partial charge is 0.175 e. The average molecular weight is 305 g/mol. The Hall–Kier alpha value is -2.17. The number of hydrogen-bond donors (Lipinski definition) is 2. The highest BCUT2D eigenvalue weighted by atomic mass is 32.2. The van der Waals surface area contributed by atoms with E-state index < -0.39 is 15.9 Å². The lowest BCUT2D eigenvalue weighted by Crippen LogP contribution is -2.21. The van der Waals surface area contributed by atoms with E-state index in [9.17, 15) is 13.2 Å². The van der Waals surface area contributed by atoms with E-state index in [2.05, 4.69) is 0 Å². The van der Waals surface area contributed by atoms with Crippen molar-refractivity contribution in [3.8, 4) is 6.07 Å². The predicted molar refractivity (Wildman–Crippen MR) is 76.6 cm³/mol. The highest BCUT2D eigenvalue weighted by molar-refractivity contribution is 7.90. The minimum atomic E-state index is -3.58. The summed E-state index contributed by atoms with van der Waals surface area (Å²) in [6, 6.07) is 5.18. The second-order valence-corrected chi connectivity index (χ2v) is 6.96. The summed E-state index contributed by atoms with van der Waals surface area (Å²) in [4.78, 5) is 11.8. The van der Waals surface area contributed by atoms with E-state index in [4.69, 9.17) is 16.7 Å². The molecule has 0 saturated heterocycles. The summed E-state index contributed by atoms with van der Waals surface area (Å²) >= 11 is 0. The molecule has 1 atom stereocenters. The summed E-state index contributed by atoms with van der Waals surface area (Å²) in [6.45, 7) is 0. The molecule has 1 aromatic rings. The lowest BCUT2D eigenvalue weighted by molar-refractivity contribution is -0.115. The number of allylic oxidation sites excluding steroid dienone is 1. The fraction of sp³-hybridized carbons (Fsp3) is 0.286. The highest BCUT2D eigenvalue weighted by Crippen LogP contribution is 2.32. The SMILES string of the molecule is CS(=O)(=O)c1cc(C#N)ccc1C(N)C1=C(N)CCC1=O. The van der Waals surface area contributed by atoms with Gasteiger partial charge in [-0.2, -0.15) is 5.26 Å². The molecule has 0 fully saturated rings. The summed E-state index contributed by atoms with van der Waals surface area (Å²) in [6.07, 6.45) is 1.76. The van der Waals surface area contributed by atoms with Gasteiger partial charge in [-0.25, -0.2) is 8.42 Å². The Bertz CT molecular complexity index is 788. The predicted octanol–water partition coefficient (Wildman–Crippen LogP) is 0.537. The molecule has 7 heteroatoms. The van der Waals surface area contributed by atoms with Crippen molar-refractivity contribution in [1.82, 2.24) is 0 Å². The van der Waals surface area contributed by atoms with Gasteiger partial charge in [0.05, 0.1) is 22.6 Å². The van der Waals surface area contributed by atoms with Crippen LogP contribution in [0.25, 0.3) is 0 Å². The zero-order chi connectivity index (χ0) is 15.8. The molecule has 0 saturated carbocycles. The number of carbonyl (C=O) groups is 1. The fourth-order valence-electron chi connectivity index (χ4n) is 2.41. The maximum absolute atomic E-state index is 11.9. The van der Waals surface area contributed by atoms with Crippen LogP contribution in [-0.4, -0.2) is 20.5 Å². The summed E-state index contributed by atoms with van der Waals surface area (Å²) in [5.74, 6) is -0.163. The number of carbonyl (C=O) groups excluding carboxylic acids is 1. The van der Waals surface area contributed by atoms with Gasteiger partial charge in [0.2, 0.25) is 0 Å². The summed E-state index contributed by atoms with van der Waals surface area (Å²) < 4.78 is 23.8. The van der Waals surface area contributed by atoms with Gasteiger partial charge in [0.25, 0.3) is 0 Å². The molecule has 21 heavy (non-hydrogen) atoms. The summed E-state index contributed by atoms with van der Waals surface area (Å²) in [5.41, 5.74) is 13.0. The van der Waals surface area contributed by atoms with E-state index >= 15 is 0 Å². The molecule has 2 rings (SSSR count). The third-order valence-electron chi connectivity index (χ3n) is 3.46. The van der Waals surface area contributed by atoms with Gasteiger partial charge < -0.3 is 11.5 Å². The van der Waals surface area contributed by atoms with E-state index in [1.54, 1.807) is 0 Å². The van der Waals surface area contributed by atoms with Crippen LogP contribution in [0, 0.1) is 11.3 Å². The number of nitriles is 1. The summed E-state index contributed by atoms with van der Waals surface area (Å²) in [5, 5.41) is 8.89. The van der Waals surface area contributed by atoms with Crippen LogP contribution < -0.4 is 11.5 Å². The second-order valence-electron chi connectivity index (χ2n) is 4.98. The minimum absolute atomic E-state index is 0.0472. The third-order valence-corrected chi connectivity index (χ3v) is 4.61. The Morgan fingerprint density at radius 1 is 1.33 bits per heavy atom. The first-order chi connectivity index (χ1) is 9.75. The maximum Gasteiger partial charge on any atom is 0.175 e. The van der Waals surface area contributed by atoms with Crippen LogP contribution in [0.3, 0.4) is 0 Å². The van der Waals surface area contributed by atoms with E-state index in [0.717, 1.165) is 6.26 Å². The molecule has 1 unspecified atom stereocenters. The molecule has 0 heterocycles. The Morgan fingerprint density at radius 3 is 2.48 bits per heavy atom. The van der Waals surface area contributed by atoms with Crippen LogP contribution in [0.2, 0.25) is 0 Å². The van der Waals surface area contributed by atoms with Crippen LogP contribution in [0.4, 0.5) is 0 Å². The largest absolute Gasteiger partial charge is 0.402 e. The number of sulfone groups is 1. The molecule has 1 aliphatic rings. The number of benzene rings is 1. The summed E-state index contributed by atoms with van der Waals surface area (Å²) in [7, 11) is -3.58. The van der Waals surface area contributed by atoms with Crippen LogP contribution in [0.5, 0.6) is 0 Å². The molecule has 0 radical (unpaired) electrons. The van der Waals surface area contributed by atoms with Crippen molar-refractivity contribution in [2.24, 2.45) is 11.5 Å². The van der Waals surface area contributed by atoms with Gasteiger partial charge in [0.15, 0.2) is 15.6 Å². The van der Waals surface area contributed by atoms with Crippen LogP contribution in [0.15, 0.2) is 34.4 Å². The fourth-order valence-corrected chi connectivity index (χ4v) is 3.37. The Morgan fingerprint density at radius 2 is 2.00 bits per heavy atom. The second kappa shape index (κ2) is 5.31. The standard InChI is InChI=1S/C14H15N3O3S/c1-21(19,20)12-6-8(7-15)2-3-9(12)14(17)13-10(16)4-5-11(13)18/h2-3,6,14H,4-5,16-17H2,1H3. The molecule has 0 bridgehead atoms. The lowest BCUT2D eigenvalue weighted by Gasteiger charge is -2.17. The van der Waals surface area contributed by atoms with Crippen molar-refractivity contribution in [3.05, 3.63) is 40.6 Å². The molecule has 1 aliphatic carbocycles. The lowest BCUT2D eigenvalue weighted by atomic mass is 9.96. The third kappa shape index (κ3) is 2.82. The first kappa shape index (κ1) is 15.2. The highest BCUT2D eigenvalue weighted by Gasteiger charge is 2.30. The van der Waals surface area contributed by atoms with E-state index in [0.29, 0.717) is 18.5 Å². The Balaban J connectivity index is 2.62. The van der Waals surface area contributed by atoms with Crippen LogP contribution in [0.1, 0.15) is 30.0 Å². The van der Waals surface area contributed by atoms with Gasteiger partial charge >= 0.3 is 0 Å². The van der Waals surface area contributed by atoms with Crippen molar-refractivity contribution < 1.29 is 13.2 Å². The van der Waals surface area contributed by atoms with E-state index in [1.165, 1.54) is 18.2 Å². The van der Waals surface area contributed by atoms with Crippen molar-refractivity contribution in [2.75, 3.05) is 6.26 Å². The van der Waals surface area contributed by atoms with Gasteiger partial charge in [-0.1, -0.05) is 6.07 Å². The number of nitrogens with two attached hydrogens (primary N) is 2. The monoisotopic (exact) mass is 305 g/mol. The minimum Gasteiger partial charge on any atom is -0.402 e. The molecule has 1 aromatic carbocycles. The molecule has 0 amide bonds. The molecular formula is C14H15N3O3S. The first-order valence-corrected chi connectivity index (χ1v) is 8.16. The van der Waals surface area contributed by atoms with Crippen molar-refractivity contribution >= 4 is 15.6 Å². The zero-order valence-electron chi connectivity index (χ0n) is 11.5. The normalized spacial score (nSPS) is 16.9.